The smallest absolute Gasteiger partial charge is 0.244 e. The molecule has 5 nitrogen and oxygen atoms in total. The second kappa shape index (κ2) is 5.60. The van der Waals surface area contributed by atoms with E-state index < -0.39 is 0 Å². The van der Waals surface area contributed by atoms with E-state index in [9.17, 15) is 4.79 Å². The number of hydrogen-bond donors (Lipinski definition) is 1. The van der Waals surface area contributed by atoms with Crippen molar-refractivity contribution in [3.05, 3.63) is 47.7 Å². The van der Waals surface area contributed by atoms with Gasteiger partial charge in [-0.25, -0.2) is 0 Å². The summed E-state index contributed by atoms with van der Waals surface area (Å²) >= 11 is 0. The fourth-order valence-electron chi connectivity index (χ4n) is 2.51. The Balaban J connectivity index is 1.70. The van der Waals surface area contributed by atoms with Crippen LogP contribution in [0, 0.1) is 6.92 Å². The number of carbonyl (C=O) groups excluding carboxylic acids is 1. The van der Waals surface area contributed by atoms with Crippen LogP contribution in [0.25, 0.3) is 0 Å². The number of nitrogens with two attached hydrogens (primary N) is 1. The summed E-state index contributed by atoms with van der Waals surface area (Å²) in [5.41, 5.74) is 7.98. The molecule has 1 aromatic heterocycles. The number of aromatic nitrogens is 2. The third-order valence-corrected chi connectivity index (χ3v) is 3.70. The summed E-state index contributed by atoms with van der Waals surface area (Å²) in [5.74, 6) is 0.543. The Morgan fingerprint density at radius 2 is 2.24 bits per heavy atom. The van der Waals surface area contributed by atoms with Crippen molar-refractivity contribution in [1.29, 1.82) is 0 Å². The van der Waals surface area contributed by atoms with Gasteiger partial charge >= 0.3 is 0 Å². The van der Waals surface area contributed by atoms with E-state index in [1.54, 1.807) is 16.9 Å². The summed E-state index contributed by atoms with van der Waals surface area (Å²) in [7, 11) is 0. The van der Waals surface area contributed by atoms with Gasteiger partial charge in [-0.2, -0.15) is 5.10 Å². The summed E-state index contributed by atoms with van der Waals surface area (Å²) in [6.07, 6.45) is 3.93. The molecule has 3 rings (SSSR count). The Bertz CT molecular complexity index is 645. The van der Waals surface area contributed by atoms with Crippen LogP contribution in [0.15, 0.2) is 36.5 Å². The highest BCUT2D eigenvalue weighted by molar-refractivity contribution is 5.76. The molecule has 1 saturated carbocycles. The third-order valence-electron chi connectivity index (χ3n) is 3.70. The number of carbonyl (C=O) groups is 1. The van der Waals surface area contributed by atoms with E-state index in [1.807, 2.05) is 11.0 Å². The lowest BCUT2D eigenvalue weighted by atomic mass is 10.1. The molecule has 21 heavy (non-hydrogen) atoms. The second-order valence-electron chi connectivity index (χ2n) is 5.68. The first-order valence-electron chi connectivity index (χ1n) is 7.26. The number of benzene rings is 1. The maximum atomic E-state index is 12.5. The first kappa shape index (κ1) is 13.7. The van der Waals surface area contributed by atoms with Gasteiger partial charge in [-0.3, -0.25) is 9.48 Å². The zero-order chi connectivity index (χ0) is 14.8. The molecule has 0 bridgehead atoms. The second-order valence-corrected chi connectivity index (χ2v) is 5.68. The molecule has 0 radical (unpaired) electrons. The normalized spacial score (nSPS) is 14.1. The van der Waals surface area contributed by atoms with Crippen molar-refractivity contribution in [3.8, 4) is 0 Å². The molecule has 5 heteroatoms. The van der Waals surface area contributed by atoms with E-state index >= 15 is 0 Å². The fraction of sp³-hybridized carbons (Fsp3) is 0.375. The Morgan fingerprint density at radius 1 is 1.43 bits per heavy atom. The maximum absolute atomic E-state index is 12.5. The van der Waals surface area contributed by atoms with Gasteiger partial charge in [0, 0.05) is 18.8 Å². The van der Waals surface area contributed by atoms with Gasteiger partial charge in [-0.1, -0.05) is 29.8 Å². The highest BCUT2D eigenvalue weighted by Crippen LogP contribution is 2.28. The van der Waals surface area contributed by atoms with Crippen molar-refractivity contribution in [2.75, 3.05) is 5.73 Å². The van der Waals surface area contributed by atoms with Crippen LogP contribution < -0.4 is 5.73 Å². The standard InChI is InChI=1S/C16H20N4O/c1-12-3-2-4-13(9-12)10-20(14-5-6-14)16(21)11-19-8-7-15(17)18-19/h2-4,7-9,14H,5-6,10-11H2,1H3,(H2,17,18). The molecule has 1 aliphatic carbocycles. The van der Waals surface area contributed by atoms with Crippen LogP contribution in [0.4, 0.5) is 5.82 Å². The van der Waals surface area contributed by atoms with Crippen molar-refractivity contribution in [2.45, 2.75) is 38.9 Å². The van der Waals surface area contributed by atoms with Crippen LogP contribution >= 0.6 is 0 Å². The first-order valence-corrected chi connectivity index (χ1v) is 7.26. The monoisotopic (exact) mass is 284 g/mol. The van der Waals surface area contributed by atoms with Crippen molar-refractivity contribution >= 4 is 11.7 Å². The molecular weight excluding hydrogens is 264 g/mol. The highest BCUT2D eigenvalue weighted by Gasteiger charge is 2.32. The lowest BCUT2D eigenvalue weighted by Crippen LogP contribution is -2.35. The topological polar surface area (TPSA) is 64.2 Å². The molecule has 1 fully saturated rings. The molecule has 0 aliphatic heterocycles. The largest absolute Gasteiger partial charge is 0.382 e. The number of aryl methyl sites for hydroxylation is 1. The van der Waals surface area contributed by atoms with Crippen LogP contribution in [-0.4, -0.2) is 26.6 Å². The highest BCUT2D eigenvalue weighted by atomic mass is 16.2. The number of nitrogens with zero attached hydrogens (tertiary/aromatic N) is 3. The third kappa shape index (κ3) is 3.42. The van der Waals surface area contributed by atoms with Gasteiger partial charge < -0.3 is 10.6 Å². The lowest BCUT2D eigenvalue weighted by Gasteiger charge is -2.22. The first-order chi connectivity index (χ1) is 10.1. The molecule has 1 aliphatic rings. The SMILES string of the molecule is Cc1cccc(CN(C(=O)Cn2ccc(N)n2)C2CC2)c1. The Hall–Kier alpha value is -2.30. The fourth-order valence-corrected chi connectivity index (χ4v) is 2.51. The van der Waals surface area contributed by atoms with Crippen LogP contribution in [0.2, 0.25) is 0 Å². The van der Waals surface area contributed by atoms with E-state index in [1.165, 1.54) is 11.1 Å². The van der Waals surface area contributed by atoms with Crippen LogP contribution in [0.5, 0.6) is 0 Å². The Labute approximate surface area is 124 Å². The molecular formula is C16H20N4O. The summed E-state index contributed by atoms with van der Waals surface area (Å²) < 4.78 is 1.60. The predicted molar refractivity (Wildman–Crippen MR) is 81.4 cm³/mol. The summed E-state index contributed by atoms with van der Waals surface area (Å²) in [5, 5.41) is 4.08. The van der Waals surface area contributed by atoms with Crippen LogP contribution in [-0.2, 0) is 17.9 Å². The average Bonchev–Trinajstić information content (AvgIpc) is 3.20. The maximum Gasteiger partial charge on any atom is 0.244 e. The number of hydrogen-bond acceptors (Lipinski definition) is 3. The molecule has 0 saturated heterocycles. The van der Waals surface area contributed by atoms with Crippen LogP contribution in [0.1, 0.15) is 24.0 Å². The van der Waals surface area contributed by atoms with Crippen molar-refractivity contribution < 1.29 is 4.79 Å². The Kier molecular flexibility index (Phi) is 3.64. The van der Waals surface area contributed by atoms with Gasteiger partial charge in [0.2, 0.25) is 5.91 Å². The number of nitrogen functional groups attached to an aromatic ring is 1. The zero-order valence-corrected chi connectivity index (χ0v) is 12.2. The number of rotatable bonds is 5. The van der Waals surface area contributed by atoms with Crippen LogP contribution in [0.3, 0.4) is 0 Å². The van der Waals surface area contributed by atoms with Gasteiger partial charge in [0.05, 0.1) is 0 Å². The van der Waals surface area contributed by atoms with E-state index in [0.29, 0.717) is 18.4 Å². The predicted octanol–water partition coefficient (Wildman–Crippen LogP) is 1.96. The van der Waals surface area contributed by atoms with Gasteiger partial charge in [0.25, 0.3) is 0 Å². The van der Waals surface area contributed by atoms with Crippen molar-refractivity contribution in [3.63, 3.8) is 0 Å². The van der Waals surface area contributed by atoms with Crippen molar-refractivity contribution in [2.24, 2.45) is 0 Å². The molecule has 1 aromatic carbocycles. The van der Waals surface area contributed by atoms with Gasteiger partial charge in [0.15, 0.2) is 0 Å². The molecule has 0 atom stereocenters. The molecule has 110 valence electrons. The van der Waals surface area contributed by atoms with E-state index in [4.69, 9.17) is 5.73 Å². The molecule has 0 unspecified atom stereocenters. The molecule has 2 N–H and O–H groups in total. The van der Waals surface area contributed by atoms with Crippen molar-refractivity contribution in [1.82, 2.24) is 14.7 Å². The zero-order valence-electron chi connectivity index (χ0n) is 12.2. The molecule has 1 amide bonds. The number of amides is 1. The summed E-state index contributed by atoms with van der Waals surface area (Å²) in [4.78, 5) is 14.5. The van der Waals surface area contributed by atoms with Gasteiger partial charge in [-0.05, 0) is 31.4 Å². The van der Waals surface area contributed by atoms with E-state index in [0.717, 1.165) is 12.8 Å². The lowest BCUT2D eigenvalue weighted by molar-refractivity contribution is -0.133. The quantitative estimate of drug-likeness (QED) is 0.913. The summed E-state index contributed by atoms with van der Waals surface area (Å²) in [6, 6.07) is 10.4. The summed E-state index contributed by atoms with van der Waals surface area (Å²) in [6.45, 7) is 2.99. The molecule has 2 aromatic rings. The molecule has 0 spiro atoms. The average molecular weight is 284 g/mol. The van der Waals surface area contributed by atoms with Gasteiger partial charge in [0.1, 0.15) is 12.4 Å². The van der Waals surface area contributed by atoms with E-state index in [-0.39, 0.29) is 12.5 Å². The van der Waals surface area contributed by atoms with E-state index in [2.05, 4.69) is 30.2 Å². The Morgan fingerprint density at radius 3 is 2.86 bits per heavy atom. The minimum Gasteiger partial charge on any atom is -0.382 e. The molecule has 1 heterocycles. The minimum atomic E-state index is 0.0992. The minimum absolute atomic E-state index is 0.0992. The number of anilines is 1. The van der Waals surface area contributed by atoms with Gasteiger partial charge in [-0.15, -0.1) is 0 Å².